The van der Waals surface area contributed by atoms with Gasteiger partial charge in [-0.1, -0.05) is 20.8 Å². The van der Waals surface area contributed by atoms with Gasteiger partial charge in [-0.3, -0.25) is 4.68 Å². The van der Waals surface area contributed by atoms with Gasteiger partial charge in [0, 0.05) is 25.8 Å². The van der Waals surface area contributed by atoms with Crippen molar-refractivity contribution in [2.75, 3.05) is 33.5 Å². The van der Waals surface area contributed by atoms with Gasteiger partial charge in [0.1, 0.15) is 0 Å². The summed E-state index contributed by atoms with van der Waals surface area (Å²) in [6.07, 6.45) is 5.23. The quantitative estimate of drug-likeness (QED) is 0.602. The van der Waals surface area contributed by atoms with Crippen LogP contribution in [-0.2, 0) is 15.9 Å². The minimum absolute atomic E-state index is 0.303. The van der Waals surface area contributed by atoms with Crippen LogP contribution in [0, 0.1) is 0 Å². The maximum atomic E-state index is 5.64. The van der Waals surface area contributed by atoms with Gasteiger partial charge in [0.2, 0.25) is 0 Å². The van der Waals surface area contributed by atoms with E-state index >= 15 is 0 Å². The molecule has 0 bridgehead atoms. The highest BCUT2D eigenvalue weighted by atomic mass is 16.5. The van der Waals surface area contributed by atoms with Crippen LogP contribution in [0.4, 0.5) is 0 Å². The van der Waals surface area contributed by atoms with Crippen molar-refractivity contribution >= 4 is 0 Å². The van der Waals surface area contributed by atoms with Gasteiger partial charge in [-0.05, 0) is 25.5 Å². The molecule has 0 spiro atoms. The minimum Gasteiger partial charge on any atom is -0.382 e. The van der Waals surface area contributed by atoms with Crippen LogP contribution in [0.5, 0.6) is 0 Å². The van der Waals surface area contributed by atoms with E-state index in [9.17, 15) is 0 Å². The largest absolute Gasteiger partial charge is 0.382 e. The van der Waals surface area contributed by atoms with Crippen molar-refractivity contribution in [3.63, 3.8) is 0 Å². The Labute approximate surface area is 129 Å². The normalized spacial score (nSPS) is 13.0. The molecule has 0 radical (unpaired) electrons. The SMILES string of the molecule is CCNC(COCCOC)Cc1ccn(C(CC)CC)n1. The summed E-state index contributed by atoms with van der Waals surface area (Å²) in [4.78, 5) is 0. The first-order valence-corrected chi connectivity index (χ1v) is 8.09. The van der Waals surface area contributed by atoms with E-state index in [-0.39, 0.29) is 0 Å². The van der Waals surface area contributed by atoms with Gasteiger partial charge in [0.05, 0.1) is 31.6 Å². The number of hydrogen-bond acceptors (Lipinski definition) is 4. The number of rotatable bonds is 12. The van der Waals surface area contributed by atoms with Crippen molar-refractivity contribution < 1.29 is 9.47 Å². The molecular formula is C16H31N3O2. The standard InChI is InChI=1S/C16H31N3O2/c1-5-16(6-2)19-9-8-14(18-19)12-15(17-7-3)13-21-11-10-20-4/h8-9,15-17H,5-7,10-13H2,1-4H3. The number of aromatic nitrogens is 2. The monoisotopic (exact) mass is 297 g/mol. The molecule has 1 heterocycles. The number of nitrogens with zero attached hydrogens (tertiary/aromatic N) is 2. The molecule has 0 amide bonds. The first kappa shape index (κ1) is 18.1. The zero-order valence-corrected chi connectivity index (χ0v) is 14.0. The summed E-state index contributed by atoms with van der Waals surface area (Å²) in [5.41, 5.74) is 1.13. The first-order valence-electron chi connectivity index (χ1n) is 8.09. The van der Waals surface area contributed by atoms with Crippen LogP contribution < -0.4 is 5.32 Å². The average molecular weight is 297 g/mol. The zero-order chi connectivity index (χ0) is 15.5. The fourth-order valence-electron chi connectivity index (χ4n) is 2.45. The summed E-state index contributed by atoms with van der Waals surface area (Å²) >= 11 is 0. The molecule has 1 aromatic heterocycles. The maximum absolute atomic E-state index is 5.64. The molecule has 1 atom stereocenters. The Morgan fingerprint density at radius 3 is 2.62 bits per heavy atom. The third-order valence-corrected chi connectivity index (χ3v) is 3.68. The van der Waals surface area contributed by atoms with Crippen molar-refractivity contribution in [1.82, 2.24) is 15.1 Å². The van der Waals surface area contributed by atoms with Crippen LogP contribution in [0.15, 0.2) is 12.3 Å². The fraction of sp³-hybridized carbons (Fsp3) is 0.812. The molecular weight excluding hydrogens is 266 g/mol. The summed E-state index contributed by atoms with van der Waals surface area (Å²) in [5.74, 6) is 0. The second kappa shape index (κ2) is 10.8. The lowest BCUT2D eigenvalue weighted by molar-refractivity contribution is 0.0588. The van der Waals surface area contributed by atoms with E-state index in [1.54, 1.807) is 7.11 Å². The minimum atomic E-state index is 0.303. The van der Waals surface area contributed by atoms with Crippen molar-refractivity contribution in [3.8, 4) is 0 Å². The first-order chi connectivity index (χ1) is 10.2. The highest BCUT2D eigenvalue weighted by Gasteiger charge is 2.13. The van der Waals surface area contributed by atoms with Crippen LogP contribution in [0.3, 0.4) is 0 Å². The zero-order valence-electron chi connectivity index (χ0n) is 14.0. The molecule has 0 saturated carbocycles. The molecule has 0 fully saturated rings. The predicted octanol–water partition coefficient (Wildman–Crippen LogP) is 2.43. The van der Waals surface area contributed by atoms with Crippen molar-refractivity contribution in [3.05, 3.63) is 18.0 Å². The summed E-state index contributed by atoms with van der Waals surface area (Å²) in [7, 11) is 1.69. The Kier molecular flexibility index (Phi) is 9.30. The molecule has 0 aliphatic heterocycles. The Morgan fingerprint density at radius 1 is 1.24 bits per heavy atom. The summed E-state index contributed by atoms with van der Waals surface area (Å²) < 4.78 is 12.7. The van der Waals surface area contributed by atoms with Gasteiger partial charge < -0.3 is 14.8 Å². The van der Waals surface area contributed by atoms with E-state index in [4.69, 9.17) is 14.6 Å². The molecule has 1 N–H and O–H groups in total. The highest BCUT2D eigenvalue weighted by molar-refractivity contribution is 5.02. The molecule has 5 nitrogen and oxygen atoms in total. The molecule has 21 heavy (non-hydrogen) atoms. The van der Waals surface area contributed by atoms with Crippen molar-refractivity contribution in [2.24, 2.45) is 0 Å². The van der Waals surface area contributed by atoms with E-state index in [2.05, 4.69) is 43.0 Å². The van der Waals surface area contributed by atoms with Gasteiger partial charge >= 0.3 is 0 Å². The third-order valence-electron chi connectivity index (χ3n) is 3.68. The van der Waals surface area contributed by atoms with Crippen molar-refractivity contribution in [1.29, 1.82) is 0 Å². The number of hydrogen-bond donors (Lipinski definition) is 1. The van der Waals surface area contributed by atoms with Gasteiger partial charge in [0.25, 0.3) is 0 Å². The molecule has 1 unspecified atom stereocenters. The topological polar surface area (TPSA) is 48.3 Å². The maximum Gasteiger partial charge on any atom is 0.0701 e. The third kappa shape index (κ3) is 6.59. The molecule has 1 rings (SSSR count). The number of nitrogens with one attached hydrogen (secondary N) is 1. The average Bonchev–Trinajstić information content (AvgIpc) is 2.93. The van der Waals surface area contributed by atoms with E-state index in [1.165, 1.54) is 0 Å². The van der Waals surface area contributed by atoms with Gasteiger partial charge in [0.15, 0.2) is 0 Å². The lowest BCUT2D eigenvalue weighted by Crippen LogP contribution is -2.35. The summed E-state index contributed by atoms with van der Waals surface area (Å²) in [6.45, 7) is 9.44. The second-order valence-electron chi connectivity index (χ2n) is 5.28. The molecule has 1 aromatic rings. The van der Waals surface area contributed by atoms with E-state index in [1.807, 2.05) is 0 Å². The van der Waals surface area contributed by atoms with Gasteiger partial charge in [-0.2, -0.15) is 5.10 Å². The van der Waals surface area contributed by atoms with Crippen molar-refractivity contribution in [2.45, 2.75) is 52.1 Å². The lowest BCUT2D eigenvalue weighted by atomic mass is 10.1. The van der Waals surface area contributed by atoms with Gasteiger partial charge in [-0.15, -0.1) is 0 Å². The smallest absolute Gasteiger partial charge is 0.0701 e. The molecule has 122 valence electrons. The predicted molar refractivity (Wildman–Crippen MR) is 85.7 cm³/mol. The number of methoxy groups -OCH3 is 1. The lowest BCUT2D eigenvalue weighted by Gasteiger charge is -2.17. The van der Waals surface area contributed by atoms with Gasteiger partial charge in [-0.25, -0.2) is 0 Å². The molecule has 0 aliphatic carbocycles. The number of ether oxygens (including phenoxy) is 2. The van der Waals surface area contributed by atoms with E-state index in [0.717, 1.165) is 31.5 Å². The molecule has 0 aromatic carbocycles. The highest BCUT2D eigenvalue weighted by Crippen LogP contribution is 2.15. The number of likely N-dealkylation sites (N-methyl/N-ethyl adjacent to an activating group) is 1. The Hall–Kier alpha value is -0.910. The summed E-state index contributed by atoms with van der Waals surface area (Å²) in [5, 5.41) is 8.17. The van der Waals surface area contributed by atoms with Crippen LogP contribution in [0.2, 0.25) is 0 Å². The molecule has 0 saturated heterocycles. The Balaban J connectivity index is 2.50. The van der Waals surface area contributed by atoms with Crippen LogP contribution in [-0.4, -0.2) is 49.3 Å². The Morgan fingerprint density at radius 2 is 2.00 bits per heavy atom. The second-order valence-corrected chi connectivity index (χ2v) is 5.28. The Bertz CT molecular complexity index is 364. The van der Waals surface area contributed by atoms with E-state index < -0.39 is 0 Å². The fourth-order valence-corrected chi connectivity index (χ4v) is 2.45. The van der Waals surface area contributed by atoms with E-state index in [0.29, 0.717) is 31.9 Å². The molecule has 5 heteroatoms. The van der Waals surface area contributed by atoms with Crippen LogP contribution in [0.25, 0.3) is 0 Å². The molecule has 0 aliphatic rings. The van der Waals surface area contributed by atoms with Crippen LogP contribution in [0.1, 0.15) is 45.3 Å². The van der Waals surface area contributed by atoms with Crippen LogP contribution >= 0.6 is 0 Å². The summed E-state index contributed by atoms with van der Waals surface area (Å²) in [6, 6.07) is 2.93.